The van der Waals surface area contributed by atoms with Crippen molar-refractivity contribution >= 4 is 35.6 Å². The Morgan fingerprint density at radius 1 is 1.10 bits per heavy atom. The molecule has 29 heavy (non-hydrogen) atoms. The second-order valence-corrected chi connectivity index (χ2v) is 7.38. The van der Waals surface area contributed by atoms with Crippen molar-refractivity contribution in [2.45, 2.75) is 33.2 Å². The van der Waals surface area contributed by atoms with E-state index in [2.05, 4.69) is 41.2 Å². The van der Waals surface area contributed by atoms with Crippen molar-refractivity contribution in [2.75, 3.05) is 64.3 Å². The van der Waals surface area contributed by atoms with Gasteiger partial charge in [-0.1, -0.05) is 6.92 Å². The molecular weight excluding hydrogens is 481 g/mol. The topological polar surface area (TPSA) is 61.4 Å². The lowest BCUT2D eigenvalue weighted by Crippen LogP contribution is -2.50. The number of aliphatic imine (C=N–C) groups is 1. The van der Waals surface area contributed by atoms with Gasteiger partial charge in [-0.25, -0.2) is 0 Å². The van der Waals surface area contributed by atoms with E-state index in [1.807, 2.05) is 18.2 Å². The van der Waals surface area contributed by atoms with Crippen LogP contribution < -0.4 is 20.1 Å². The van der Waals surface area contributed by atoms with E-state index in [1.54, 1.807) is 0 Å². The first-order valence-electron chi connectivity index (χ1n) is 10.6. The minimum absolute atomic E-state index is 0. The summed E-state index contributed by atoms with van der Waals surface area (Å²) in [6.07, 6.45) is 0.909. The number of benzene rings is 1. The number of hydrogen-bond acceptors (Lipinski definition) is 5. The number of fused-ring (bicyclic) bond motifs is 1. The van der Waals surface area contributed by atoms with Crippen LogP contribution in [0.5, 0.6) is 11.5 Å². The summed E-state index contributed by atoms with van der Waals surface area (Å²) in [4.78, 5) is 9.86. The van der Waals surface area contributed by atoms with Gasteiger partial charge in [0, 0.05) is 56.9 Å². The third-order valence-electron chi connectivity index (χ3n) is 5.35. The number of nitrogens with zero attached hydrogens (tertiary/aromatic N) is 3. The summed E-state index contributed by atoms with van der Waals surface area (Å²) in [6.45, 7) is 15.3. The number of guanidine groups is 1. The molecule has 2 N–H and O–H groups in total. The molecule has 0 bridgehead atoms. The minimum Gasteiger partial charge on any atom is -0.490 e. The van der Waals surface area contributed by atoms with Crippen LogP contribution in [0.25, 0.3) is 0 Å². The van der Waals surface area contributed by atoms with Crippen LogP contribution in [0.2, 0.25) is 0 Å². The molecule has 1 saturated heterocycles. The third kappa shape index (κ3) is 7.18. The predicted octanol–water partition coefficient (Wildman–Crippen LogP) is 2.87. The van der Waals surface area contributed by atoms with Gasteiger partial charge in [0.2, 0.25) is 0 Å². The van der Waals surface area contributed by atoms with E-state index >= 15 is 0 Å². The van der Waals surface area contributed by atoms with Crippen molar-refractivity contribution in [3.05, 3.63) is 18.2 Å². The number of piperazine rings is 1. The van der Waals surface area contributed by atoms with Crippen molar-refractivity contribution in [2.24, 2.45) is 4.99 Å². The molecule has 1 aromatic carbocycles. The first-order valence-corrected chi connectivity index (χ1v) is 10.6. The summed E-state index contributed by atoms with van der Waals surface area (Å²) in [5.41, 5.74) is 0.952. The van der Waals surface area contributed by atoms with Crippen LogP contribution in [-0.4, -0.2) is 80.8 Å². The van der Waals surface area contributed by atoms with Crippen molar-refractivity contribution < 1.29 is 9.47 Å². The molecule has 0 saturated carbocycles. The van der Waals surface area contributed by atoms with Gasteiger partial charge in [-0.3, -0.25) is 9.89 Å². The summed E-state index contributed by atoms with van der Waals surface area (Å²) >= 11 is 0. The smallest absolute Gasteiger partial charge is 0.195 e. The molecule has 0 aliphatic carbocycles. The molecule has 1 unspecified atom stereocenters. The maximum absolute atomic E-state index is 5.79. The van der Waals surface area contributed by atoms with Gasteiger partial charge in [-0.05, 0) is 32.5 Å². The van der Waals surface area contributed by atoms with Gasteiger partial charge in [-0.2, -0.15) is 0 Å². The Balaban J connectivity index is 0.00000300. The standard InChI is InChI=1S/C21H35N5O2.HI/c1-4-22-21(23-16-17(3)26-11-9-25(5-2)10-12-26)24-18-7-8-19-20(15-18)28-14-6-13-27-19;/h7-8,15,17H,4-6,9-14,16H2,1-3H3,(H2,22,23,24);1H. The molecule has 1 fully saturated rings. The molecule has 0 amide bonds. The Morgan fingerprint density at radius 2 is 1.83 bits per heavy atom. The van der Waals surface area contributed by atoms with Gasteiger partial charge in [-0.15, -0.1) is 24.0 Å². The third-order valence-corrected chi connectivity index (χ3v) is 5.35. The van der Waals surface area contributed by atoms with Gasteiger partial charge in [0.1, 0.15) is 0 Å². The largest absolute Gasteiger partial charge is 0.490 e. The Morgan fingerprint density at radius 3 is 2.52 bits per heavy atom. The van der Waals surface area contributed by atoms with E-state index in [0.717, 1.165) is 75.4 Å². The van der Waals surface area contributed by atoms with Crippen molar-refractivity contribution in [1.29, 1.82) is 0 Å². The average Bonchev–Trinajstić information content (AvgIpc) is 2.97. The summed E-state index contributed by atoms with van der Waals surface area (Å²) in [5, 5.41) is 6.74. The molecule has 1 aromatic rings. The minimum atomic E-state index is 0. The second-order valence-electron chi connectivity index (χ2n) is 7.38. The van der Waals surface area contributed by atoms with Gasteiger partial charge in [0.25, 0.3) is 0 Å². The Hall–Kier alpha value is -1.26. The van der Waals surface area contributed by atoms with E-state index in [9.17, 15) is 0 Å². The van der Waals surface area contributed by atoms with Crippen LogP contribution in [0, 0.1) is 0 Å². The molecule has 8 heteroatoms. The molecule has 2 aliphatic heterocycles. The zero-order valence-corrected chi connectivity index (χ0v) is 20.3. The highest BCUT2D eigenvalue weighted by Crippen LogP contribution is 2.32. The summed E-state index contributed by atoms with van der Waals surface area (Å²) in [5.74, 6) is 2.40. The first-order chi connectivity index (χ1) is 13.7. The quantitative estimate of drug-likeness (QED) is 0.344. The van der Waals surface area contributed by atoms with E-state index in [4.69, 9.17) is 14.5 Å². The maximum Gasteiger partial charge on any atom is 0.195 e. The molecular formula is C21H36IN5O2. The highest BCUT2D eigenvalue weighted by atomic mass is 127. The summed E-state index contributed by atoms with van der Waals surface area (Å²) in [7, 11) is 0. The maximum atomic E-state index is 5.79. The zero-order chi connectivity index (χ0) is 19.8. The van der Waals surface area contributed by atoms with E-state index in [0.29, 0.717) is 19.3 Å². The Kier molecular flexibility index (Phi) is 10.3. The molecule has 0 spiro atoms. The van der Waals surface area contributed by atoms with Crippen molar-refractivity contribution in [1.82, 2.24) is 15.1 Å². The van der Waals surface area contributed by atoms with Crippen LogP contribution in [0.3, 0.4) is 0 Å². The van der Waals surface area contributed by atoms with Crippen molar-refractivity contribution in [3.8, 4) is 11.5 Å². The number of halogens is 1. The molecule has 2 aliphatic rings. The van der Waals surface area contributed by atoms with Crippen molar-refractivity contribution in [3.63, 3.8) is 0 Å². The number of nitrogens with one attached hydrogen (secondary N) is 2. The van der Waals surface area contributed by atoms with E-state index < -0.39 is 0 Å². The van der Waals surface area contributed by atoms with Gasteiger partial charge >= 0.3 is 0 Å². The zero-order valence-electron chi connectivity index (χ0n) is 17.9. The van der Waals surface area contributed by atoms with Crippen LogP contribution in [0.15, 0.2) is 23.2 Å². The molecule has 2 heterocycles. The SMILES string of the molecule is CCNC(=NCC(C)N1CCN(CC)CC1)Nc1ccc2c(c1)OCCCO2.I. The number of anilines is 1. The summed E-state index contributed by atoms with van der Waals surface area (Å²) in [6, 6.07) is 6.38. The van der Waals surface area contributed by atoms with Gasteiger partial charge in [0.05, 0.1) is 19.8 Å². The fraction of sp³-hybridized carbons (Fsp3) is 0.667. The van der Waals surface area contributed by atoms with E-state index in [1.165, 1.54) is 0 Å². The lowest BCUT2D eigenvalue weighted by atomic mass is 10.2. The molecule has 7 nitrogen and oxygen atoms in total. The molecule has 0 aromatic heterocycles. The number of hydrogen-bond donors (Lipinski definition) is 2. The number of likely N-dealkylation sites (N-methyl/N-ethyl adjacent to an activating group) is 1. The number of rotatable bonds is 6. The highest BCUT2D eigenvalue weighted by Gasteiger charge is 2.20. The van der Waals surface area contributed by atoms with Crippen LogP contribution in [0.1, 0.15) is 27.2 Å². The Labute approximate surface area is 192 Å². The van der Waals surface area contributed by atoms with Crippen LogP contribution >= 0.6 is 24.0 Å². The predicted molar refractivity (Wildman–Crippen MR) is 130 cm³/mol. The highest BCUT2D eigenvalue weighted by molar-refractivity contribution is 14.0. The lowest BCUT2D eigenvalue weighted by Gasteiger charge is -2.37. The second kappa shape index (κ2) is 12.4. The lowest BCUT2D eigenvalue weighted by molar-refractivity contribution is 0.109. The Bertz CT molecular complexity index is 650. The molecule has 3 rings (SSSR count). The van der Waals surface area contributed by atoms with Gasteiger partial charge < -0.3 is 25.0 Å². The normalized spacial score (nSPS) is 19.1. The van der Waals surface area contributed by atoms with E-state index in [-0.39, 0.29) is 24.0 Å². The monoisotopic (exact) mass is 517 g/mol. The molecule has 0 radical (unpaired) electrons. The van der Waals surface area contributed by atoms with Crippen LogP contribution in [0.4, 0.5) is 5.69 Å². The fourth-order valence-corrected chi connectivity index (χ4v) is 3.54. The average molecular weight is 517 g/mol. The number of ether oxygens (including phenoxy) is 2. The molecule has 164 valence electrons. The van der Waals surface area contributed by atoms with Gasteiger partial charge in [0.15, 0.2) is 17.5 Å². The molecule has 1 atom stereocenters. The first kappa shape index (κ1) is 24.0. The van der Waals surface area contributed by atoms with Crippen LogP contribution in [-0.2, 0) is 0 Å². The summed E-state index contributed by atoms with van der Waals surface area (Å²) < 4.78 is 11.5. The fourth-order valence-electron chi connectivity index (χ4n) is 3.54.